The number of carboxylic acid groups (broad SMARTS) is 1. The number of carbonyl (C=O) groups is 3. The van der Waals surface area contributed by atoms with Crippen LogP contribution in [0, 0.1) is 0 Å². The Morgan fingerprint density at radius 3 is 1.90 bits per heavy atom. The summed E-state index contributed by atoms with van der Waals surface area (Å²) in [6.07, 6.45) is 0. The quantitative estimate of drug-likeness (QED) is 0.593. The fourth-order valence-corrected chi connectivity index (χ4v) is 3.92. The van der Waals surface area contributed by atoms with Gasteiger partial charge in [-0.25, -0.2) is 4.79 Å². The van der Waals surface area contributed by atoms with Crippen molar-refractivity contribution < 1.29 is 19.5 Å². The molecule has 0 aromatic heterocycles. The van der Waals surface area contributed by atoms with E-state index in [9.17, 15) is 19.5 Å². The van der Waals surface area contributed by atoms with Gasteiger partial charge in [0.15, 0.2) is 0 Å². The van der Waals surface area contributed by atoms with E-state index in [2.05, 4.69) is 10.6 Å². The highest BCUT2D eigenvalue weighted by atomic mass is 16.4. The number of hydrogen-bond donors (Lipinski definition) is 3. The Bertz CT molecular complexity index is 1070. The summed E-state index contributed by atoms with van der Waals surface area (Å²) >= 11 is 0. The molecule has 0 aliphatic heterocycles. The van der Waals surface area contributed by atoms with E-state index in [4.69, 9.17) is 0 Å². The van der Waals surface area contributed by atoms with Crippen molar-refractivity contribution in [1.29, 1.82) is 0 Å². The lowest BCUT2D eigenvalue weighted by molar-refractivity contribution is -0.142. The average Bonchev–Trinajstić information content (AvgIpc) is 3.10. The summed E-state index contributed by atoms with van der Waals surface area (Å²) in [5.74, 6) is -2.60. The number of carboxylic acids is 1. The van der Waals surface area contributed by atoms with Crippen LogP contribution in [0.1, 0.15) is 27.4 Å². The molecule has 0 spiro atoms. The van der Waals surface area contributed by atoms with Gasteiger partial charge in [-0.3, -0.25) is 9.59 Å². The number of benzene rings is 3. The smallest absolute Gasteiger partial charge is 0.327 e. The molecule has 3 N–H and O–H groups in total. The maximum atomic E-state index is 12.5. The second-order valence-electron chi connectivity index (χ2n) is 7.08. The van der Waals surface area contributed by atoms with Gasteiger partial charge in [0.1, 0.15) is 6.04 Å². The van der Waals surface area contributed by atoms with Crippen molar-refractivity contribution in [3.8, 4) is 11.1 Å². The van der Waals surface area contributed by atoms with E-state index in [1.807, 2.05) is 48.5 Å². The fourth-order valence-electron chi connectivity index (χ4n) is 3.92. The van der Waals surface area contributed by atoms with Crippen LogP contribution in [0.25, 0.3) is 11.1 Å². The Hall–Kier alpha value is -3.93. The summed E-state index contributed by atoms with van der Waals surface area (Å²) in [4.78, 5) is 36.7. The summed E-state index contributed by atoms with van der Waals surface area (Å²) in [5, 5.41) is 15.0. The highest BCUT2D eigenvalue weighted by Gasteiger charge is 2.38. The van der Waals surface area contributed by atoms with E-state index < -0.39 is 29.7 Å². The molecule has 0 fully saturated rings. The van der Waals surface area contributed by atoms with Gasteiger partial charge >= 0.3 is 5.97 Å². The summed E-state index contributed by atoms with van der Waals surface area (Å²) in [7, 11) is 0. The first-order valence-corrected chi connectivity index (χ1v) is 9.60. The predicted molar refractivity (Wildman–Crippen MR) is 112 cm³/mol. The van der Waals surface area contributed by atoms with Gasteiger partial charge in [-0.1, -0.05) is 66.7 Å². The standard InChI is InChI=1S/C24H20N2O4/c27-20(14-25-23(28)15-8-2-1-3-9-15)26-22(24(29)30)21-18-12-6-4-10-16(18)17-11-5-7-13-19(17)21/h1-13,21-22H,14H2,(H,25,28)(H,26,27)(H,29,30)/t22-/m1/s1. The molecule has 4 rings (SSSR count). The minimum Gasteiger partial charge on any atom is -0.480 e. The Balaban J connectivity index is 1.53. The summed E-state index contributed by atoms with van der Waals surface area (Å²) in [5.41, 5.74) is 4.09. The Labute approximate surface area is 173 Å². The molecule has 6 nitrogen and oxygen atoms in total. The van der Waals surface area contributed by atoms with Gasteiger partial charge < -0.3 is 15.7 Å². The lowest BCUT2D eigenvalue weighted by Gasteiger charge is -2.23. The zero-order chi connectivity index (χ0) is 21.1. The summed E-state index contributed by atoms with van der Waals surface area (Å²) in [6.45, 7) is -0.312. The van der Waals surface area contributed by atoms with Crippen LogP contribution in [0.15, 0.2) is 78.9 Å². The highest BCUT2D eigenvalue weighted by Crippen LogP contribution is 2.46. The van der Waals surface area contributed by atoms with E-state index in [0.29, 0.717) is 5.56 Å². The zero-order valence-electron chi connectivity index (χ0n) is 16.0. The van der Waals surface area contributed by atoms with Crippen molar-refractivity contribution in [3.63, 3.8) is 0 Å². The molecule has 0 saturated heterocycles. The molecule has 6 heteroatoms. The predicted octanol–water partition coefficient (Wildman–Crippen LogP) is 2.80. The molecule has 1 aliphatic carbocycles. The topological polar surface area (TPSA) is 95.5 Å². The van der Waals surface area contributed by atoms with Crippen molar-refractivity contribution in [2.24, 2.45) is 0 Å². The highest BCUT2D eigenvalue weighted by molar-refractivity contribution is 5.97. The largest absolute Gasteiger partial charge is 0.480 e. The minimum atomic E-state index is -1.16. The van der Waals surface area contributed by atoms with Crippen molar-refractivity contribution in [3.05, 3.63) is 95.6 Å². The van der Waals surface area contributed by atoms with Crippen molar-refractivity contribution >= 4 is 17.8 Å². The van der Waals surface area contributed by atoms with Crippen LogP contribution in [0.3, 0.4) is 0 Å². The minimum absolute atomic E-state index is 0.312. The van der Waals surface area contributed by atoms with Gasteiger partial charge in [0.2, 0.25) is 5.91 Å². The van der Waals surface area contributed by atoms with Crippen LogP contribution in [0.5, 0.6) is 0 Å². The van der Waals surface area contributed by atoms with E-state index >= 15 is 0 Å². The number of nitrogens with one attached hydrogen (secondary N) is 2. The van der Waals surface area contributed by atoms with Crippen LogP contribution in [-0.4, -0.2) is 35.5 Å². The lowest BCUT2D eigenvalue weighted by Crippen LogP contribution is -2.48. The second kappa shape index (κ2) is 8.21. The number of aliphatic carboxylic acids is 1. The molecule has 0 radical (unpaired) electrons. The Morgan fingerprint density at radius 1 is 0.800 bits per heavy atom. The molecule has 3 aromatic rings. The molecule has 150 valence electrons. The monoisotopic (exact) mass is 400 g/mol. The first-order valence-electron chi connectivity index (χ1n) is 9.60. The van der Waals surface area contributed by atoms with Crippen LogP contribution in [0.4, 0.5) is 0 Å². The Kier molecular flexibility index (Phi) is 5.30. The fraction of sp³-hybridized carbons (Fsp3) is 0.125. The third-order valence-electron chi connectivity index (χ3n) is 5.24. The number of fused-ring (bicyclic) bond motifs is 3. The molecule has 1 atom stereocenters. The molecule has 0 heterocycles. The molecule has 0 unspecified atom stereocenters. The van der Waals surface area contributed by atoms with E-state index in [0.717, 1.165) is 22.3 Å². The molecular formula is C24H20N2O4. The lowest BCUT2D eigenvalue weighted by atomic mass is 9.89. The van der Waals surface area contributed by atoms with E-state index in [-0.39, 0.29) is 6.54 Å². The SMILES string of the molecule is O=C(CNC(=O)c1ccccc1)N[C@@H](C(=O)O)C1c2ccccc2-c2ccccc21. The van der Waals surface area contributed by atoms with Crippen LogP contribution in [0.2, 0.25) is 0 Å². The first kappa shape index (κ1) is 19.4. The van der Waals surface area contributed by atoms with Crippen LogP contribution < -0.4 is 10.6 Å². The van der Waals surface area contributed by atoms with Gasteiger partial charge in [-0.05, 0) is 34.4 Å². The van der Waals surface area contributed by atoms with E-state index in [1.54, 1.807) is 30.3 Å². The summed E-state index contributed by atoms with van der Waals surface area (Å²) < 4.78 is 0. The normalized spacial score (nSPS) is 13.1. The Morgan fingerprint density at radius 2 is 1.33 bits per heavy atom. The van der Waals surface area contributed by atoms with Crippen LogP contribution in [-0.2, 0) is 9.59 Å². The zero-order valence-corrected chi connectivity index (χ0v) is 16.0. The van der Waals surface area contributed by atoms with E-state index in [1.165, 1.54) is 0 Å². The molecule has 0 saturated carbocycles. The van der Waals surface area contributed by atoms with Crippen molar-refractivity contribution in [2.75, 3.05) is 6.54 Å². The molecule has 3 aromatic carbocycles. The third-order valence-corrected chi connectivity index (χ3v) is 5.24. The second-order valence-corrected chi connectivity index (χ2v) is 7.08. The number of rotatable bonds is 6. The summed E-state index contributed by atoms with van der Waals surface area (Å²) in [6, 6.07) is 22.6. The molecular weight excluding hydrogens is 380 g/mol. The van der Waals surface area contributed by atoms with Gasteiger partial charge in [0.05, 0.1) is 6.54 Å². The number of amides is 2. The van der Waals surface area contributed by atoms with Gasteiger partial charge in [0, 0.05) is 11.5 Å². The van der Waals surface area contributed by atoms with Gasteiger partial charge in [-0.2, -0.15) is 0 Å². The van der Waals surface area contributed by atoms with Gasteiger partial charge in [0.25, 0.3) is 5.91 Å². The molecule has 0 bridgehead atoms. The first-order chi connectivity index (χ1) is 14.6. The average molecular weight is 400 g/mol. The molecule has 30 heavy (non-hydrogen) atoms. The molecule has 2 amide bonds. The number of hydrogen-bond acceptors (Lipinski definition) is 3. The van der Waals surface area contributed by atoms with Crippen LogP contribution >= 0.6 is 0 Å². The third kappa shape index (κ3) is 3.67. The van der Waals surface area contributed by atoms with Crippen molar-refractivity contribution in [1.82, 2.24) is 10.6 Å². The number of carbonyl (C=O) groups excluding carboxylic acids is 2. The maximum Gasteiger partial charge on any atom is 0.327 e. The van der Waals surface area contributed by atoms with Crippen molar-refractivity contribution in [2.45, 2.75) is 12.0 Å². The van der Waals surface area contributed by atoms with Gasteiger partial charge in [-0.15, -0.1) is 0 Å². The molecule has 1 aliphatic rings. The maximum absolute atomic E-state index is 12.5.